The molecule has 2 aromatic carbocycles. The second kappa shape index (κ2) is 7.71. The third kappa shape index (κ3) is 3.90. The van der Waals surface area contributed by atoms with E-state index in [0.717, 1.165) is 51.1 Å². The van der Waals surface area contributed by atoms with Gasteiger partial charge in [0.05, 0.1) is 12.0 Å². The molecule has 142 valence electrons. The van der Waals surface area contributed by atoms with Gasteiger partial charge in [0.25, 0.3) is 5.69 Å². The van der Waals surface area contributed by atoms with Crippen LogP contribution in [-0.2, 0) is 4.74 Å². The van der Waals surface area contributed by atoms with E-state index < -0.39 is 28.0 Å². The third-order valence-corrected chi connectivity index (χ3v) is 4.73. The SMILES string of the molecule is COC(=O)c1cc(F)c(-c2ccc(N3CCN(C)CC3)cc2)cc1[N+](=O)[O-]. The van der Waals surface area contributed by atoms with Gasteiger partial charge < -0.3 is 14.5 Å². The monoisotopic (exact) mass is 373 g/mol. The van der Waals surface area contributed by atoms with Gasteiger partial charge >= 0.3 is 5.97 Å². The fraction of sp³-hybridized carbons (Fsp3) is 0.316. The summed E-state index contributed by atoms with van der Waals surface area (Å²) in [5.41, 5.74) is 0.705. The van der Waals surface area contributed by atoms with Crippen LogP contribution in [-0.4, -0.2) is 56.1 Å². The first-order valence-electron chi connectivity index (χ1n) is 8.51. The number of esters is 1. The predicted octanol–water partition coefficient (Wildman–Crippen LogP) is 2.94. The van der Waals surface area contributed by atoms with Crippen molar-refractivity contribution in [1.29, 1.82) is 0 Å². The van der Waals surface area contributed by atoms with Gasteiger partial charge in [-0.15, -0.1) is 0 Å². The molecule has 1 heterocycles. The average molecular weight is 373 g/mol. The number of rotatable bonds is 4. The molecular weight excluding hydrogens is 353 g/mol. The van der Waals surface area contributed by atoms with Crippen LogP contribution in [0, 0.1) is 15.9 Å². The smallest absolute Gasteiger partial charge is 0.344 e. The van der Waals surface area contributed by atoms with Crippen LogP contribution in [0.3, 0.4) is 0 Å². The summed E-state index contributed by atoms with van der Waals surface area (Å²) >= 11 is 0. The number of ether oxygens (including phenoxy) is 1. The number of carbonyl (C=O) groups excluding carboxylic acids is 1. The van der Waals surface area contributed by atoms with Crippen molar-refractivity contribution in [2.75, 3.05) is 45.2 Å². The van der Waals surface area contributed by atoms with E-state index in [1.807, 2.05) is 12.1 Å². The standard InChI is InChI=1S/C19H20FN3O4/c1-21-7-9-22(10-8-21)14-5-3-13(4-6-14)15-12-18(23(25)26)16(11-17(15)20)19(24)27-2/h3-6,11-12H,7-10H2,1-2H3. The number of carbonyl (C=O) groups is 1. The Bertz CT molecular complexity index is 862. The molecule has 1 aliphatic heterocycles. The van der Waals surface area contributed by atoms with Crippen molar-refractivity contribution in [2.45, 2.75) is 0 Å². The van der Waals surface area contributed by atoms with Crippen LogP contribution < -0.4 is 4.90 Å². The lowest BCUT2D eigenvalue weighted by atomic mass is 10.0. The normalized spacial score (nSPS) is 14.9. The van der Waals surface area contributed by atoms with Gasteiger partial charge in [0, 0.05) is 43.5 Å². The molecule has 0 aliphatic carbocycles. The van der Waals surface area contributed by atoms with Crippen LogP contribution in [0.1, 0.15) is 10.4 Å². The van der Waals surface area contributed by atoms with Gasteiger partial charge in [0.2, 0.25) is 0 Å². The Labute approximate surface area is 156 Å². The molecule has 2 aromatic rings. The van der Waals surface area contributed by atoms with Crippen molar-refractivity contribution in [3.05, 3.63) is 57.9 Å². The highest BCUT2D eigenvalue weighted by Gasteiger charge is 2.25. The van der Waals surface area contributed by atoms with E-state index in [2.05, 4.69) is 21.6 Å². The topological polar surface area (TPSA) is 75.9 Å². The molecule has 1 aliphatic rings. The second-order valence-corrected chi connectivity index (χ2v) is 6.44. The number of nitrogens with zero attached hydrogens (tertiary/aromatic N) is 3. The molecular formula is C19H20FN3O4. The number of halogens is 1. The van der Waals surface area contributed by atoms with Crippen molar-refractivity contribution in [1.82, 2.24) is 4.90 Å². The van der Waals surface area contributed by atoms with Gasteiger partial charge in [-0.3, -0.25) is 10.1 Å². The van der Waals surface area contributed by atoms with Gasteiger partial charge in [0.1, 0.15) is 11.4 Å². The van der Waals surface area contributed by atoms with E-state index in [9.17, 15) is 19.3 Å². The summed E-state index contributed by atoms with van der Waals surface area (Å²) in [6.07, 6.45) is 0. The third-order valence-electron chi connectivity index (χ3n) is 4.73. The molecule has 0 atom stereocenters. The number of nitro groups is 1. The minimum absolute atomic E-state index is 0.0688. The Morgan fingerprint density at radius 2 is 1.78 bits per heavy atom. The number of piperazine rings is 1. The summed E-state index contributed by atoms with van der Waals surface area (Å²) in [5, 5.41) is 11.3. The zero-order chi connectivity index (χ0) is 19.6. The van der Waals surface area contributed by atoms with Gasteiger partial charge in [-0.2, -0.15) is 0 Å². The minimum atomic E-state index is -0.947. The van der Waals surface area contributed by atoms with Gasteiger partial charge in [0.15, 0.2) is 0 Å². The molecule has 27 heavy (non-hydrogen) atoms. The molecule has 1 saturated heterocycles. The zero-order valence-electron chi connectivity index (χ0n) is 15.1. The minimum Gasteiger partial charge on any atom is -0.465 e. The van der Waals surface area contributed by atoms with E-state index in [0.29, 0.717) is 5.56 Å². The number of anilines is 1. The van der Waals surface area contributed by atoms with Crippen LogP contribution in [0.25, 0.3) is 11.1 Å². The van der Waals surface area contributed by atoms with Crippen LogP contribution >= 0.6 is 0 Å². The number of methoxy groups -OCH3 is 1. The fourth-order valence-electron chi connectivity index (χ4n) is 3.12. The lowest BCUT2D eigenvalue weighted by Gasteiger charge is -2.34. The molecule has 1 fully saturated rings. The number of hydrogen-bond acceptors (Lipinski definition) is 6. The van der Waals surface area contributed by atoms with Crippen molar-refractivity contribution >= 4 is 17.3 Å². The number of benzene rings is 2. The van der Waals surface area contributed by atoms with E-state index in [-0.39, 0.29) is 5.56 Å². The fourth-order valence-corrected chi connectivity index (χ4v) is 3.12. The maximum atomic E-state index is 14.5. The van der Waals surface area contributed by atoms with E-state index in [1.165, 1.54) is 0 Å². The molecule has 0 aromatic heterocycles. The molecule has 8 heteroatoms. The van der Waals surface area contributed by atoms with Crippen LogP contribution in [0.15, 0.2) is 36.4 Å². The largest absolute Gasteiger partial charge is 0.465 e. The van der Waals surface area contributed by atoms with E-state index >= 15 is 0 Å². The first kappa shape index (κ1) is 18.8. The van der Waals surface area contributed by atoms with Crippen molar-refractivity contribution in [3.63, 3.8) is 0 Å². The quantitative estimate of drug-likeness (QED) is 0.466. The first-order chi connectivity index (χ1) is 12.9. The van der Waals surface area contributed by atoms with Crippen LogP contribution in [0.4, 0.5) is 15.8 Å². The molecule has 7 nitrogen and oxygen atoms in total. The van der Waals surface area contributed by atoms with Crippen molar-refractivity contribution < 1.29 is 18.8 Å². The Kier molecular flexibility index (Phi) is 5.36. The summed E-state index contributed by atoms with van der Waals surface area (Å²) in [6.45, 7) is 3.75. The molecule has 0 spiro atoms. The molecule has 0 bridgehead atoms. The Balaban J connectivity index is 1.93. The van der Waals surface area contributed by atoms with Crippen molar-refractivity contribution in [3.8, 4) is 11.1 Å². The van der Waals surface area contributed by atoms with Crippen LogP contribution in [0.2, 0.25) is 0 Å². The summed E-state index contributed by atoms with van der Waals surface area (Å²) in [7, 11) is 3.17. The van der Waals surface area contributed by atoms with E-state index in [1.54, 1.807) is 12.1 Å². The lowest BCUT2D eigenvalue weighted by Crippen LogP contribution is -2.44. The second-order valence-electron chi connectivity index (χ2n) is 6.44. The number of likely N-dealkylation sites (N-methyl/N-ethyl adjacent to an activating group) is 1. The lowest BCUT2D eigenvalue weighted by molar-refractivity contribution is -0.385. The zero-order valence-corrected chi connectivity index (χ0v) is 15.1. The first-order valence-corrected chi connectivity index (χ1v) is 8.51. The van der Waals surface area contributed by atoms with Gasteiger partial charge in [-0.25, -0.2) is 9.18 Å². The van der Waals surface area contributed by atoms with Crippen molar-refractivity contribution in [2.24, 2.45) is 0 Å². The number of hydrogen-bond donors (Lipinski definition) is 0. The highest BCUT2D eigenvalue weighted by molar-refractivity contribution is 5.95. The maximum Gasteiger partial charge on any atom is 0.344 e. The van der Waals surface area contributed by atoms with E-state index in [4.69, 9.17) is 0 Å². The molecule has 0 radical (unpaired) electrons. The Morgan fingerprint density at radius 3 is 2.33 bits per heavy atom. The predicted molar refractivity (Wildman–Crippen MR) is 99.5 cm³/mol. The summed E-state index contributed by atoms with van der Waals surface area (Å²) in [6, 6.07) is 9.14. The summed E-state index contributed by atoms with van der Waals surface area (Å²) < 4.78 is 19.0. The Morgan fingerprint density at radius 1 is 1.15 bits per heavy atom. The summed E-state index contributed by atoms with van der Waals surface area (Å²) in [4.78, 5) is 26.7. The molecule has 3 rings (SSSR count). The van der Waals surface area contributed by atoms with Gasteiger partial charge in [-0.1, -0.05) is 12.1 Å². The summed E-state index contributed by atoms with van der Waals surface area (Å²) in [5.74, 6) is -1.66. The molecule has 0 amide bonds. The molecule has 0 unspecified atom stereocenters. The van der Waals surface area contributed by atoms with Gasteiger partial charge in [-0.05, 0) is 30.8 Å². The molecule has 0 saturated carbocycles. The highest BCUT2D eigenvalue weighted by Crippen LogP contribution is 2.32. The molecule has 0 N–H and O–H groups in total. The number of nitro benzene ring substituents is 1. The Hall–Kier alpha value is -3.00. The highest BCUT2D eigenvalue weighted by atomic mass is 19.1. The average Bonchev–Trinajstić information content (AvgIpc) is 2.67. The van der Waals surface area contributed by atoms with Crippen LogP contribution in [0.5, 0.6) is 0 Å². The maximum absolute atomic E-state index is 14.5.